The Balaban J connectivity index is 2.24. The highest BCUT2D eigenvalue weighted by Gasteiger charge is 2.16. The van der Waals surface area contributed by atoms with Crippen molar-refractivity contribution in [3.8, 4) is 6.07 Å². The third kappa shape index (κ3) is 2.89. The van der Waals surface area contributed by atoms with Gasteiger partial charge in [-0.2, -0.15) is 10.4 Å². The van der Waals surface area contributed by atoms with E-state index >= 15 is 0 Å². The summed E-state index contributed by atoms with van der Waals surface area (Å²) in [5.41, 5.74) is 0.989. The van der Waals surface area contributed by atoms with Crippen LogP contribution in [0.4, 0.5) is 5.82 Å². The number of hydrogen-bond donors (Lipinski definition) is 2. The summed E-state index contributed by atoms with van der Waals surface area (Å²) in [6, 6.07) is 6.11. The molecule has 0 saturated carbocycles. The van der Waals surface area contributed by atoms with Gasteiger partial charge in [0, 0.05) is 18.0 Å². The number of nitrogens with zero attached hydrogens (tertiary/aromatic N) is 3. The first kappa shape index (κ1) is 13.0. The minimum Gasteiger partial charge on any atom is -0.280 e. The van der Waals surface area contributed by atoms with Gasteiger partial charge in [0.1, 0.15) is 16.7 Å². The number of pyridine rings is 1. The third-order valence-corrected chi connectivity index (χ3v) is 3.75. The highest BCUT2D eigenvalue weighted by Crippen LogP contribution is 2.14. The van der Waals surface area contributed by atoms with Gasteiger partial charge in [-0.25, -0.2) is 13.4 Å². The van der Waals surface area contributed by atoms with Crippen LogP contribution in [0.2, 0.25) is 0 Å². The molecule has 0 saturated heterocycles. The Morgan fingerprint density at radius 3 is 2.79 bits per heavy atom. The van der Waals surface area contributed by atoms with E-state index < -0.39 is 10.0 Å². The largest absolute Gasteiger partial charge is 0.280 e. The van der Waals surface area contributed by atoms with Crippen LogP contribution in [0.5, 0.6) is 0 Å². The third-order valence-electron chi connectivity index (χ3n) is 2.41. The Morgan fingerprint density at radius 2 is 2.26 bits per heavy atom. The zero-order valence-electron chi connectivity index (χ0n) is 10.1. The Labute approximate surface area is 110 Å². The molecule has 0 aliphatic carbocycles. The summed E-state index contributed by atoms with van der Waals surface area (Å²) < 4.78 is 26.4. The number of anilines is 1. The van der Waals surface area contributed by atoms with Crippen LogP contribution in [0.3, 0.4) is 0 Å². The fraction of sp³-hybridized carbons (Fsp3) is 0.182. The molecule has 2 heterocycles. The molecule has 0 unspecified atom stereocenters. The summed E-state index contributed by atoms with van der Waals surface area (Å²) >= 11 is 0. The predicted octanol–water partition coefficient (Wildman–Crippen LogP) is 1.04. The zero-order valence-corrected chi connectivity index (χ0v) is 10.9. The molecule has 0 bridgehead atoms. The van der Waals surface area contributed by atoms with Gasteiger partial charge in [-0.3, -0.25) is 9.82 Å². The molecule has 0 spiro atoms. The van der Waals surface area contributed by atoms with Crippen LogP contribution in [-0.4, -0.2) is 23.6 Å². The minimum atomic E-state index is -3.74. The molecular formula is C11H11N5O2S. The molecular weight excluding hydrogens is 266 g/mol. The van der Waals surface area contributed by atoms with Crippen molar-refractivity contribution in [2.45, 2.75) is 18.2 Å². The maximum Gasteiger partial charge on any atom is 0.264 e. The smallest absolute Gasteiger partial charge is 0.264 e. The first-order valence-electron chi connectivity index (χ1n) is 5.48. The van der Waals surface area contributed by atoms with E-state index in [0.29, 0.717) is 0 Å². The van der Waals surface area contributed by atoms with E-state index in [4.69, 9.17) is 5.26 Å². The normalized spacial score (nSPS) is 10.9. The van der Waals surface area contributed by atoms with Crippen LogP contribution in [0, 0.1) is 11.3 Å². The lowest BCUT2D eigenvalue weighted by Gasteiger charge is -2.04. The van der Waals surface area contributed by atoms with Gasteiger partial charge in [0.25, 0.3) is 10.0 Å². The van der Waals surface area contributed by atoms with Crippen LogP contribution in [-0.2, 0) is 16.4 Å². The van der Waals surface area contributed by atoms with E-state index in [1.54, 1.807) is 6.07 Å². The molecule has 0 aliphatic rings. The molecule has 2 rings (SSSR count). The Kier molecular flexibility index (Phi) is 3.48. The second-order valence-corrected chi connectivity index (χ2v) is 5.41. The van der Waals surface area contributed by atoms with Crippen molar-refractivity contribution in [2.75, 3.05) is 4.72 Å². The van der Waals surface area contributed by atoms with Crippen LogP contribution in [0.1, 0.15) is 18.3 Å². The predicted molar refractivity (Wildman–Crippen MR) is 67.7 cm³/mol. The second-order valence-electron chi connectivity index (χ2n) is 3.73. The number of sulfonamides is 1. The maximum atomic E-state index is 12.0. The molecule has 8 heteroatoms. The molecule has 2 aromatic heterocycles. The monoisotopic (exact) mass is 277 g/mol. The van der Waals surface area contributed by atoms with E-state index in [0.717, 1.165) is 18.3 Å². The Bertz CT molecular complexity index is 712. The summed E-state index contributed by atoms with van der Waals surface area (Å²) in [5.74, 6) is 0.223. The van der Waals surface area contributed by atoms with Gasteiger partial charge in [-0.1, -0.05) is 6.92 Å². The summed E-state index contributed by atoms with van der Waals surface area (Å²) in [6.07, 6.45) is 1.86. The van der Waals surface area contributed by atoms with Crippen molar-refractivity contribution >= 4 is 15.8 Å². The van der Waals surface area contributed by atoms with Crippen LogP contribution >= 0.6 is 0 Å². The quantitative estimate of drug-likeness (QED) is 0.867. The molecule has 2 N–H and O–H groups in total. The lowest BCUT2D eigenvalue weighted by atomic mass is 10.3. The van der Waals surface area contributed by atoms with Gasteiger partial charge in [-0.15, -0.1) is 0 Å². The average molecular weight is 277 g/mol. The van der Waals surface area contributed by atoms with Crippen molar-refractivity contribution < 1.29 is 8.42 Å². The first-order chi connectivity index (χ1) is 9.05. The van der Waals surface area contributed by atoms with Gasteiger partial charge < -0.3 is 0 Å². The molecule has 7 nitrogen and oxygen atoms in total. The van der Waals surface area contributed by atoms with Crippen LogP contribution < -0.4 is 4.72 Å². The van der Waals surface area contributed by atoms with E-state index in [1.165, 1.54) is 12.1 Å². The fourth-order valence-corrected chi connectivity index (χ4v) is 2.33. The number of hydrogen-bond acceptors (Lipinski definition) is 5. The van der Waals surface area contributed by atoms with Gasteiger partial charge in [0.05, 0.1) is 0 Å². The molecule has 0 atom stereocenters. The molecule has 0 aromatic carbocycles. The average Bonchev–Trinajstić information content (AvgIpc) is 2.85. The summed E-state index contributed by atoms with van der Waals surface area (Å²) in [5, 5.41) is 15.2. The molecule has 2 aromatic rings. The molecule has 19 heavy (non-hydrogen) atoms. The van der Waals surface area contributed by atoms with E-state index in [9.17, 15) is 8.42 Å². The maximum absolute atomic E-state index is 12.0. The van der Waals surface area contributed by atoms with Gasteiger partial charge >= 0.3 is 0 Å². The Morgan fingerprint density at radius 1 is 1.47 bits per heavy atom. The number of aromatic amines is 1. The topological polar surface area (TPSA) is 112 Å². The van der Waals surface area contributed by atoms with Crippen LogP contribution in [0.15, 0.2) is 29.3 Å². The van der Waals surface area contributed by atoms with Gasteiger partial charge in [0.15, 0.2) is 5.82 Å². The van der Waals surface area contributed by atoms with Crippen molar-refractivity contribution in [1.29, 1.82) is 5.26 Å². The number of aromatic nitrogens is 3. The van der Waals surface area contributed by atoms with E-state index in [-0.39, 0.29) is 16.4 Å². The number of H-pyrrole nitrogens is 1. The summed E-state index contributed by atoms with van der Waals surface area (Å²) in [6.45, 7) is 1.93. The van der Waals surface area contributed by atoms with Crippen molar-refractivity contribution in [2.24, 2.45) is 0 Å². The Hall–Kier alpha value is -2.40. The van der Waals surface area contributed by atoms with Crippen molar-refractivity contribution in [3.63, 3.8) is 0 Å². The molecule has 0 aliphatic heterocycles. The number of rotatable bonds is 4. The summed E-state index contributed by atoms with van der Waals surface area (Å²) in [4.78, 5) is 3.70. The second kappa shape index (κ2) is 5.07. The van der Waals surface area contributed by atoms with E-state index in [2.05, 4.69) is 19.9 Å². The summed E-state index contributed by atoms with van der Waals surface area (Å²) in [7, 11) is -3.74. The number of aryl methyl sites for hydroxylation is 1. The lowest BCUT2D eigenvalue weighted by Crippen LogP contribution is -2.13. The molecule has 0 fully saturated rings. The van der Waals surface area contributed by atoms with Gasteiger partial charge in [-0.05, 0) is 18.6 Å². The van der Waals surface area contributed by atoms with Crippen LogP contribution in [0.25, 0.3) is 0 Å². The highest BCUT2D eigenvalue weighted by atomic mass is 32.2. The van der Waals surface area contributed by atoms with Gasteiger partial charge in [0.2, 0.25) is 0 Å². The number of nitrogens with one attached hydrogen (secondary N) is 2. The fourth-order valence-electron chi connectivity index (χ4n) is 1.40. The zero-order chi connectivity index (χ0) is 13.9. The molecule has 0 amide bonds. The molecule has 0 radical (unpaired) electrons. The number of nitriles is 1. The minimum absolute atomic E-state index is 0.0208. The highest BCUT2D eigenvalue weighted by molar-refractivity contribution is 7.92. The van der Waals surface area contributed by atoms with Crippen molar-refractivity contribution in [3.05, 3.63) is 35.8 Å². The van der Waals surface area contributed by atoms with Crippen molar-refractivity contribution in [1.82, 2.24) is 15.2 Å². The molecule has 98 valence electrons. The lowest BCUT2D eigenvalue weighted by molar-refractivity contribution is 0.600. The SMILES string of the molecule is CCc1cc(NS(=O)(=O)c2ccc(C#N)nc2)n[nH]1. The standard InChI is InChI=1S/C11H11N5O2S/c1-2-8-5-11(15-14-8)16-19(17,18)10-4-3-9(6-12)13-7-10/h3-5,7H,2H2,1H3,(H2,14,15,16). The van der Waals surface area contributed by atoms with E-state index in [1.807, 2.05) is 13.0 Å². The first-order valence-corrected chi connectivity index (χ1v) is 6.96.